The summed E-state index contributed by atoms with van der Waals surface area (Å²) in [5, 5.41) is 2.99. The molecule has 0 saturated heterocycles. The summed E-state index contributed by atoms with van der Waals surface area (Å²) in [5.74, 6) is 1.22. The fourth-order valence-electron chi connectivity index (χ4n) is 1.45. The molecule has 1 heterocycles. The number of aromatic nitrogens is 1. The third-order valence-electron chi connectivity index (χ3n) is 2.22. The summed E-state index contributed by atoms with van der Waals surface area (Å²) < 4.78 is 5.61. The van der Waals surface area contributed by atoms with E-state index in [1.54, 1.807) is 30.3 Å². The molecule has 98 valence electrons. The Morgan fingerprint density at radius 3 is 2.84 bits per heavy atom. The number of benzene rings is 1. The van der Waals surface area contributed by atoms with Crippen molar-refractivity contribution in [3.8, 4) is 11.5 Å². The van der Waals surface area contributed by atoms with Crippen molar-refractivity contribution in [2.45, 2.75) is 6.92 Å². The van der Waals surface area contributed by atoms with Crippen LogP contribution in [0.4, 0.5) is 11.5 Å². The molecule has 1 aromatic carbocycles. The molecule has 5 nitrogen and oxygen atoms in total. The number of anilines is 2. The SMILES string of the molecule is CC(=O)Nc1cc(Oc2ccc(N)cc2Cl)ccn1. The molecule has 0 unspecified atom stereocenters. The predicted octanol–water partition coefficient (Wildman–Crippen LogP) is 3.07. The highest BCUT2D eigenvalue weighted by molar-refractivity contribution is 6.32. The van der Waals surface area contributed by atoms with Crippen molar-refractivity contribution in [3.63, 3.8) is 0 Å². The van der Waals surface area contributed by atoms with Crippen molar-refractivity contribution < 1.29 is 9.53 Å². The maximum absolute atomic E-state index is 10.9. The van der Waals surface area contributed by atoms with E-state index in [4.69, 9.17) is 22.1 Å². The zero-order chi connectivity index (χ0) is 13.8. The van der Waals surface area contributed by atoms with Gasteiger partial charge in [-0.3, -0.25) is 4.79 Å². The van der Waals surface area contributed by atoms with Crippen LogP contribution in [0.25, 0.3) is 0 Å². The zero-order valence-corrected chi connectivity index (χ0v) is 10.9. The fourth-order valence-corrected chi connectivity index (χ4v) is 1.68. The van der Waals surface area contributed by atoms with Crippen LogP contribution in [0.1, 0.15) is 6.92 Å². The Hall–Kier alpha value is -2.27. The van der Waals surface area contributed by atoms with Gasteiger partial charge in [0.05, 0.1) is 5.02 Å². The van der Waals surface area contributed by atoms with E-state index in [0.29, 0.717) is 28.0 Å². The number of amides is 1. The van der Waals surface area contributed by atoms with Gasteiger partial charge in [0.2, 0.25) is 5.91 Å². The Bertz CT molecular complexity index is 617. The molecule has 6 heteroatoms. The van der Waals surface area contributed by atoms with E-state index < -0.39 is 0 Å². The number of nitrogens with two attached hydrogens (primary N) is 1. The number of halogens is 1. The number of pyridine rings is 1. The number of carbonyl (C=O) groups is 1. The second-order valence-corrected chi connectivity index (χ2v) is 4.26. The van der Waals surface area contributed by atoms with E-state index in [9.17, 15) is 4.79 Å². The summed E-state index contributed by atoms with van der Waals surface area (Å²) in [5.41, 5.74) is 6.16. The number of nitrogens with zero attached hydrogens (tertiary/aromatic N) is 1. The largest absolute Gasteiger partial charge is 0.456 e. The van der Waals surface area contributed by atoms with E-state index in [0.717, 1.165) is 0 Å². The van der Waals surface area contributed by atoms with Gasteiger partial charge in [-0.1, -0.05) is 11.6 Å². The summed E-state index contributed by atoms with van der Waals surface area (Å²) in [6, 6.07) is 8.24. The summed E-state index contributed by atoms with van der Waals surface area (Å²) in [6.07, 6.45) is 1.53. The van der Waals surface area contributed by atoms with Crippen LogP contribution >= 0.6 is 11.6 Å². The lowest BCUT2D eigenvalue weighted by molar-refractivity contribution is -0.114. The van der Waals surface area contributed by atoms with Crippen molar-refractivity contribution in [1.82, 2.24) is 4.98 Å². The molecule has 1 aromatic heterocycles. The molecule has 0 bridgehead atoms. The zero-order valence-electron chi connectivity index (χ0n) is 10.2. The minimum Gasteiger partial charge on any atom is -0.456 e. The molecular formula is C13H12ClN3O2. The average Bonchev–Trinajstić information content (AvgIpc) is 2.32. The van der Waals surface area contributed by atoms with Gasteiger partial charge in [0.1, 0.15) is 17.3 Å². The molecule has 0 aliphatic carbocycles. The Labute approximate surface area is 115 Å². The molecule has 2 aromatic rings. The highest BCUT2D eigenvalue weighted by atomic mass is 35.5. The van der Waals surface area contributed by atoms with Crippen LogP contribution in [0.3, 0.4) is 0 Å². The van der Waals surface area contributed by atoms with Gasteiger partial charge in [0.25, 0.3) is 0 Å². The lowest BCUT2D eigenvalue weighted by atomic mass is 10.3. The number of nitrogens with one attached hydrogen (secondary N) is 1. The average molecular weight is 278 g/mol. The third-order valence-corrected chi connectivity index (χ3v) is 2.51. The summed E-state index contributed by atoms with van der Waals surface area (Å²) in [7, 11) is 0. The van der Waals surface area contributed by atoms with Gasteiger partial charge in [-0.15, -0.1) is 0 Å². The molecular weight excluding hydrogens is 266 g/mol. The predicted molar refractivity (Wildman–Crippen MR) is 74.5 cm³/mol. The number of rotatable bonds is 3. The molecule has 0 atom stereocenters. The molecule has 1 amide bonds. The maximum atomic E-state index is 10.9. The maximum Gasteiger partial charge on any atom is 0.222 e. The summed E-state index contributed by atoms with van der Waals surface area (Å²) in [4.78, 5) is 14.9. The standard InChI is InChI=1S/C13H12ClN3O2/c1-8(18)17-13-7-10(4-5-16-13)19-12-3-2-9(15)6-11(12)14/h2-7H,15H2,1H3,(H,16,17,18). The molecule has 3 N–H and O–H groups in total. The molecule has 0 fully saturated rings. The number of hydrogen-bond acceptors (Lipinski definition) is 4. The van der Waals surface area contributed by atoms with Crippen molar-refractivity contribution in [2.24, 2.45) is 0 Å². The second kappa shape index (κ2) is 5.58. The Morgan fingerprint density at radius 2 is 2.16 bits per heavy atom. The second-order valence-electron chi connectivity index (χ2n) is 3.85. The van der Waals surface area contributed by atoms with Crippen LogP contribution in [0.5, 0.6) is 11.5 Å². The van der Waals surface area contributed by atoms with Gasteiger partial charge in [0.15, 0.2) is 0 Å². The van der Waals surface area contributed by atoms with E-state index in [2.05, 4.69) is 10.3 Å². The first-order valence-corrected chi connectivity index (χ1v) is 5.89. The first-order chi connectivity index (χ1) is 9.04. The summed E-state index contributed by atoms with van der Waals surface area (Å²) >= 11 is 6.01. The van der Waals surface area contributed by atoms with Gasteiger partial charge in [-0.2, -0.15) is 0 Å². The van der Waals surface area contributed by atoms with Crippen LogP contribution in [0.2, 0.25) is 5.02 Å². The summed E-state index contributed by atoms with van der Waals surface area (Å²) in [6.45, 7) is 1.41. The Kier molecular flexibility index (Phi) is 3.87. The molecule has 0 radical (unpaired) electrons. The van der Waals surface area contributed by atoms with Crippen molar-refractivity contribution in [2.75, 3.05) is 11.1 Å². The number of ether oxygens (including phenoxy) is 1. The molecule has 0 aliphatic rings. The Balaban J connectivity index is 2.21. The van der Waals surface area contributed by atoms with Crippen molar-refractivity contribution in [3.05, 3.63) is 41.6 Å². The van der Waals surface area contributed by atoms with E-state index >= 15 is 0 Å². The third kappa shape index (κ3) is 3.59. The molecule has 0 saturated carbocycles. The van der Waals surface area contributed by atoms with E-state index in [1.165, 1.54) is 13.1 Å². The lowest BCUT2D eigenvalue weighted by Gasteiger charge is -2.09. The van der Waals surface area contributed by atoms with Gasteiger partial charge in [-0.05, 0) is 24.3 Å². The molecule has 0 spiro atoms. The van der Waals surface area contributed by atoms with Crippen LogP contribution in [-0.2, 0) is 4.79 Å². The van der Waals surface area contributed by atoms with Gasteiger partial charge >= 0.3 is 0 Å². The smallest absolute Gasteiger partial charge is 0.222 e. The minimum absolute atomic E-state index is 0.199. The van der Waals surface area contributed by atoms with Gasteiger partial charge < -0.3 is 15.8 Å². The highest BCUT2D eigenvalue weighted by Gasteiger charge is 2.05. The highest BCUT2D eigenvalue weighted by Crippen LogP contribution is 2.31. The lowest BCUT2D eigenvalue weighted by Crippen LogP contribution is -2.07. The van der Waals surface area contributed by atoms with Crippen molar-refractivity contribution in [1.29, 1.82) is 0 Å². The number of carbonyl (C=O) groups excluding carboxylic acids is 1. The van der Waals surface area contributed by atoms with Crippen LogP contribution in [-0.4, -0.2) is 10.9 Å². The van der Waals surface area contributed by atoms with Crippen molar-refractivity contribution >= 4 is 29.0 Å². The fraction of sp³-hybridized carbons (Fsp3) is 0.0769. The minimum atomic E-state index is -0.199. The van der Waals surface area contributed by atoms with Crippen LogP contribution < -0.4 is 15.8 Å². The first kappa shape index (κ1) is 13.2. The Morgan fingerprint density at radius 1 is 1.37 bits per heavy atom. The van der Waals surface area contributed by atoms with Gasteiger partial charge in [0, 0.05) is 24.9 Å². The van der Waals surface area contributed by atoms with E-state index in [1.807, 2.05) is 0 Å². The quantitative estimate of drug-likeness (QED) is 0.845. The number of hydrogen-bond donors (Lipinski definition) is 2. The molecule has 0 aliphatic heterocycles. The van der Waals surface area contributed by atoms with E-state index in [-0.39, 0.29) is 5.91 Å². The first-order valence-electron chi connectivity index (χ1n) is 5.51. The van der Waals surface area contributed by atoms with Crippen LogP contribution in [0, 0.1) is 0 Å². The number of nitrogen functional groups attached to an aromatic ring is 1. The topological polar surface area (TPSA) is 77.2 Å². The van der Waals surface area contributed by atoms with Crippen LogP contribution in [0.15, 0.2) is 36.5 Å². The monoisotopic (exact) mass is 277 g/mol. The molecule has 2 rings (SSSR count). The molecule has 19 heavy (non-hydrogen) atoms. The van der Waals surface area contributed by atoms with Gasteiger partial charge in [-0.25, -0.2) is 4.98 Å². The normalized spacial score (nSPS) is 10.0.